The summed E-state index contributed by atoms with van der Waals surface area (Å²) in [4.78, 5) is 11.8. The fraction of sp³-hybridized carbons (Fsp3) is 0.238. The lowest BCUT2D eigenvalue weighted by Gasteiger charge is -2.04. The lowest BCUT2D eigenvalue weighted by atomic mass is 10.0. The number of esters is 1. The molecule has 26 heavy (non-hydrogen) atoms. The van der Waals surface area contributed by atoms with Crippen LogP contribution in [0.4, 0.5) is 0 Å². The molecule has 0 aliphatic heterocycles. The summed E-state index contributed by atoms with van der Waals surface area (Å²) >= 11 is 0. The molecule has 0 aliphatic carbocycles. The second kappa shape index (κ2) is 8.34. The van der Waals surface area contributed by atoms with Crippen LogP contribution in [0.2, 0.25) is 0 Å². The molecule has 0 N–H and O–H groups in total. The van der Waals surface area contributed by atoms with Crippen molar-refractivity contribution in [2.75, 3.05) is 13.7 Å². The van der Waals surface area contributed by atoms with Gasteiger partial charge in [-0.15, -0.1) is 0 Å². The van der Waals surface area contributed by atoms with E-state index in [1.807, 2.05) is 72.4 Å². The Balaban J connectivity index is 1.94. The van der Waals surface area contributed by atoms with E-state index >= 15 is 0 Å². The van der Waals surface area contributed by atoms with Gasteiger partial charge in [-0.2, -0.15) is 5.10 Å². The normalized spacial score (nSPS) is 10.5. The highest BCUT2D eigenvalue weighted by atomic mass is 16.5. The Morgan fingerprint density at radius 1 is 1.08 bits per heavy atom. The van der Waals surface area contributed by atoms with Crippen LogP contribution in [-0.2, 0) is 16.0 Å². The number of para-hydroxylation sites is 1. The molecule has 3 aromatic rings. The number of methoxy groups -OCH3 is 1. The highest BCUT2D eigenvalue weighted by Crippen LogP contribution is 2.26. The highest BCUT2D eigenvalue weighted by molar-refractivity contribution is 5.71. The lowest BCUT2D eigenvalue weighted by Crippen LogP contribution is -2.05. The minimum Gasteiger partial charge on any atom is -0.497 e. The zero-order valence-electron chi connectivity index (χ0n) is 15.0. The van der Waals surface area contributed by atoms with Crippen LogP contribution in [0.3, 0.4) is 0 Å². The molecule has 0 aliphatic rings. The van der Waals surface area contributed by atoms with Crippen molar-refractivity contribution in [1.29, 1.82) is 0 Å². The molecule has 134 valence electrons. The van der Waals surface area contributed by atoms with E-state index in [1.54, 1.807) is 7.11 Å². The van der Waals surface area contributed by atoms with Gasteiger partial charge in [0.25, 0.3) is 0 Å². The van der Waals surface area contributed by atoms with Gasteiger partial charge in [0.05, 0.1) is 25.1 Å². The molecule has 0 spiro atoms. The van der Waals surface area contributed by atoms with Gasteiger partial charge in [0, 0.05) is 18.2 Å². The molecule has 0 radical (unpaired) electrons. The average molecular weight is 350 g/mol. The second-order valence-electron chi connectivity index (χ2n) is 5.82. The van der Waals surface area contributed by atoms with E-state index in [0.29, 0.717) is 19.4 Å². The molecular weight excluding hydrogens is 328 g/mol. The summed E-state index contributed by atoms with van der Waals surface area (Å²) in [6.07, 6.45) is 2.89. The maximum Gasteiger partial charge on any atom is 0.306 e. The van der Waals surface area contributed by atoms with E-state index in [0.717, 1.165) is 28.3 Å². The Bertz CT molecular complexity index is 855. The molecule has 0 bridgehead atoms. The van der Waals surface area contributed by atoms with Gasteiger partial charge in [0.1, 0.15) is 5.75 Å². The van der Waals surface area contributed by atoms with Crippen LogP contribution >= 0.6 is 0 Å². The molecule has 1 aromatic heterocycles. The Labute approximate surface area is 153 Å². The number of hydrogen-bond donors (Lipinski definition) is 0. The first-order chi connectivity index (χ1) is 12.7. The maximum absolute atomic E-state index is 11.8. The van der Waals surface area contributed by atoms with Gasteiger partial charge in [0.2, 0.25) is 0 Å². The summed E-state index contributed by atoms with van der Waals surface area (Å²) in [5.74, 6) is 0.602. The molecule has 1 heterocycles. The van der Waals surface area contributed by atoms with Gasteiger partial charge in [0.15, 0.2) is 0 Å². The van der Waals surface area contributed by atoms with Crippen LogP contribution in [0, 0.1) is 0 Å². The number of rotatable bonds is 7. The number of hydrogen-bond acceptors (Lipinski definition) is 4. The number of aryl methyl sites for hydroxylation is 1. The molecule has 2 aromatic carbocycles. The lowest BCUT2D eigenvalue weighted by molar-refractivity contribution is -0.143. The van der Waals surface area contributed by atoms with Crippen molar-refractivity contribution < 1.29 is 14.3 Å². The first-order valence-corrected chi connectivity index (χ1v) is 8.65. The fourth-order valence-corrected chi connectivity index (χ4v) is 2.77. The monoisotopic (exact) mass is 350 g/mol. The van der Waals surface area contributed by atoms with Gasteiger partial charge >= 0.3 is 5.97 Å². The standard InChI is InChI=1S/C21H22N2O3/c1-3-26-20(24)14-11-17-15-23(18-7-5-4-6-8-18)22-21(17)16-9-12-19(25-2)13-10-16/h4-10,12-13,15H,3,11,14H2,1-2H3. The number of benzene rings is 2. The molecule has 0 saturated heterocycles. The molecule has 5 nitrogen and oxygen atoms in total. The summed E-state index contributed by atoms with van der Waals surface area (Å²) in [7, 11) is 1.64. The van der Waals surface area contributed by atoms with Gasteiger partial charge in [-0.05, 0) is 55.3 Å². The minimum absolute atomic E-state index is 0.194. The minimum atomic E-state index is -0.194. The maximum atomic E-state index is 11.8. The number of ether oxygens (including phenoxy) is 2. The summed E-state index contributed by atoms with van der Waals surface area (Å²) in [6, 6.07) is 17.7. The number of aromatic nitrogens is 2. The third kappa shape index (κ3) is 4.11. The predicted molar refractivity (Wildman–Crippen MR) is 101 cm³/mol. The summed E-state index contributed by atoms with van der Waals surface area (Å²) in [5.41, 5.74) is 3.83. The SMILES string of the molecule is CCOC(=O)CCc1cn(-c2ccccc2)nc1-c1ccc(OC)cc1. The molecular formula is C21H22N2O3. The Hall–Kier alpha value is -3.08. The zero-order chi connectivity index (χ0) is 18.4. The molecule has 3 rings (SSSR count). The molecule has 0 atom stereocenters. The van der Waals surface area contributed by atoms with Gasteiger partial charge < -0.3 is 9.47 Å². The van der Waals surface area contributed by atoms with E-state index < -0.39 is 0 Å². The van der Waals surface area contributed by atoms with Crippen LogP contribution in [0.25, 0.3) is 16.9 Å². The van der Waals surface area contributed by atoms with Gasteiger partial charge in [-0.3, -0.25) is 4.79 Å². The van der Waals surface area contributed by atoms with Crippen molar-refractivity contribution in [2.24, 2.45) is 0 Å². The largest absolute Gasteiger partial charge is 0.497 e. The molecule has 0 fully saturated rings. The van der Waals surface area contributed by atoms with Crippen LogP contribution in [0.1, 0.15) is 18.9 Å². The number of nitrogens with zero attached hydrogens (tertiary/aromatic N) is 2. The molecule has 5 heteroatoms. The first kappa shape index (κ1) is 17.7. The van der Waals surface area contributed by atoms with E-state index in [1.165, 1.54) is 0 Å². The smallest absolute Gasteiger partial charge is 0.306 e. The Kier molecular flexibility index (Phi) is 5.69. The van der Waals surface area contributed by atoms with Crippen LogP contribution in [0.5, 0.6) is 5.75 Å². The third-order valence-corrected chi connectivity index (χ3v) is 4.08. The quantitative estimate of drug-likeness (QED) is 0.604. The summed E-state index contributed by atoms with van der Waals surface area (Å²) < 4.78 is 12.1. The van der Waals surface area contributed by atoms with E-state index in [4.69, 9.17) is 14.6 Å². The topological polar surface area (TPSA) is 53.4 Å². The van der Waals surface area contributed by atoms with Crippen LogP contribution in [0.15, 0.2) is 60.8 Å². The van der Waals surface area contributed by atoms with E-state index in [2.05, 4.69) is 0 Å². The molecule has 0 saturated carbocycles. The van der Waals surface area contributed by atoms with Crippen LogP contribution in [-0.4, -0.2) is 29.5 Å². The zero-order valence-corrected chi connectivity index (χ0v) is 15.0. The summed E-state index contributed by atoms with van der Waals surface area (Å²) in [5, 5.41) is 4.75. The van der Waals surface area contributed by atoms with Crippen molar-refractivity contribution in [2.45, 2.75) is 19.8 Å². The summed E-state index contributed by atoms with van der Waals surface area (Å²) in [6.45, 7) is 2.21. The van der Waals surface area contributed by atoms with Gasteiger partial charge in [-0.1, -0.05) is 18.2 Å². The van der Waals surface area contributed by atoms with Crippen molar-refractivity contribution in [3.63, 3.8) is 0 Å². The van der Waals surface area contributed by atoms with Crippen molar-refractivity contribution >= 4 is 5.97 Å². The second-order valence-corrected chi connectivity index (χ2v) is 5.82. The van der Waals surface area contributed by atoms with E-state index in [9.17, 15) is 4.79 Å². The third-order valence-electron chi connectivity index (χ3n) is 4.08. The fourth-order valence-electron chi connectivity index (χ4n) is 2.77. The first-order valence-electron chi connectivity index (χ1n) is 8.65. The van der Waals surface area contributed by atoms with Crippen molar-refractivity contribution in [3.8, 4) is 22.7 Å². The van der Waals surface area contributed by atoms with E-state index in [-0.39, 0.29) is 5.97 Å². The predicted octanol–water partition coefficient (Wildman–Crippen LogP) is 4.04. The number of carbonyl (C=O) groups is 1. The molecule has 0 amide bonds. The Morgan fingerprint density at radius 3 is 2.46 bits per heavy atom. The highest BCUT2D eigenvalue weighted by Gasteiger charge is 2.14. The number of carbonyl (C=O) groups excluding carboxylic acids is 1. The van der Waals surface area contributed by atoms with Crippen molar-refractivity contribution in [3.05, 3.63) is 66.4 Å². The molecule has 0 unspecified atom stereocenters. The van der Waals surface area contributed by atoms with Gasteiger partial charge in [-0.25, -0.2) is 4.68 Å². The van der Waals surface area contributed by atoms with Crippen LogP contribution < -0.4 is 4.74 Å². The Morgan fingerprint density at radius 2 is 1.81 bits per heavy atom. The van der Waals surface area contributed by atoms with Crippen molar-refractivity contribution in [1.82, 2.24) is 9.78 Å². The average Bonchev–Trinajstić information content (AvgIpc) is 3.12.